The van der Waals surface area contributed by atoms with Crippen LogP contribution in [-0.4, -0.2) is 33.8 Å². The Bertz CT molecular complexity index is 1870. The number of aromatic nitrogens is 4. The van der Waals surface area contributed by atoms with Crippen LogP contribution in [-0.2, 0) is 0 Å². The molecule has 1 aliphatic rings. The molecule has 4 aromatic carbocycles. The van der Waals surface area contributed by atoms with Gasteiger partial charge in [-0.15, -0.1) is 5.10 Å². The van der Waals surface area contributed by atoms with Crippen LogP contribution in [0.1, 0.15) is 22.6 Å². The Balaban J connectivity index is 1.54. The van der Waals surface area contributed by atoms with Crippen molar-refractivity contribution >= 4 is 28.0 Å². The number of hydrogen-bond acceptors (Lipinski definition) is 6. The van der Waals surface area contributed by atoms with E-state index in [1.54, 1.807) is 25.1 Å². The predicted molar refractivity (Wildman–Crippen MR) is 146 cm³/mol. The lowest BCUT2D eigenvalue weighted by atomic mass is 9.81. The van der Waals surface area contributed by atoms with Crippen molar-refractivity contribution in [1.29, 1.82) is 0 Å². The maximum absolute atomic E-state index is 6.49. The van der Waals surface area contributed by atoms with Gasteiger partial charge in [-0.05, 0) is 46.7 Å². The molecule has 0 bridgehead atoms. The van der Waals surface area contributed by atoms with Gasteiger partial charge in [0, 0.05) is 17.0 Å². The standard InChI is InChI=1S/C30H21ClN4O3/c1-36-22-13-12-18(15-24(22)37-2)25-26-19-8-4-3-7-17(19)11-14-23(26)38-30-27(25)29-33-28(34-35(29)16-32-30)20-9-5-6-10-21(20)31/h3-16,25H,1-2H3. The lowest BCUT2D eigenvalue weighted by Gasteiger charge is -2.29. The van der Waals surface area contributed by atoms with Crippen molar-refractivity contribution in [2.45, 2.75) is 5.92 Å². The molecule has 1 atom stereocenters. The van der Waals surface area contributed by atoms with Crippen molar-refractivity contribution < 1.29 is 14.2 Å². The highest BCUT2D eigenvalue weighted by molar-refractivity contribution is 6.33. The van der Waals surface area contributed by atoms with Crippen molar-refractivity contribution in [1.82, 2.24) is 19.6 Å². The van der Waals surface area contributed by atoms with Crippen molar-refractivity contribution in [3.8, 4) is 34.5 Å². The van der Waals surface area contributed by atoms with Crippen LogP contribution in [0.5, 0.6) is 23.1 Å². The monoisotopic (exact) mass is 520 g/mol. The number of ether oxygens (including phenoxy) is 3. The molecule has 0 amide bonds. The highest BCUT2D eigenvalue weighted by Gasteiger charge is 2.35. The zero-order valence-electron chi connectivity index (χ0n) is 20.6. The molecule has 0 fully saturated rings. The molecule has 7 rings (SSSR count). The summed E-state index contributed by atoms with van der Waals surface area (Å²) in [6.45, 7) is 0. The Morgan fingerprint density at radius 1 is 0.868 bits per heavy atom. The van der Waals surface area contributed by atoms with Crippen LogP contribution in [0.2, 0.25) is 5.02 Å². The van der Waals surface area contributed by atoms with Gasteiger partial charge in [0.05, 0.1) is 24.8 Å². The van der Waals surface area contributed by atoms with Gasteiger partial charge in [-0.1, -0.05) is 60.1 Å². The molecule has 1 aliphatic heterocycles. The zero-order chi connectivity index (χ0) is 25.8. The first-order chi connectivity index (χ1) is 18.7. The van der Waals surface area contributed by atoms with E-state index in [0.717, 1.165) is 38.8 Å². The van der Waals surface area contributed by atoms with Crippen molar-refractivity contribution in [2.24, 2.45) is 0 Å². The molecule has 38 heavy (non-hydrogen) atoms. The summed E-state index contributed by atoms with van der Waals surface area (Å²) in [5, 5.41) is 7.50. The highest BCUT2D eigenvalue weighted by atomic mass is 35.5. The Hall–Kier alpha value is -4.62. The van der Waals surface area contributed by atoms with Crippen LogP contribution < -0.4 is 14.2 Å². The molecular weight excluding hydrogens is 500 g/mol. The van der Waals surface area contributed by atoms with Gasteiger partial charge in [0.25, 0.3) is 0 Å². The minimum atomic E-state index is -0.265. The Kier molecular flexibility index (Phi) is 5.19. The number of nitrogens with zero attached hydrogens (tertiary/aromatic N) is 4. The molecule has 1 unspecified atom stereocenters. The van der Waals surface area contributed by atoms with E-state index in [4.69, 9.17) is 35.9 Å². The van der Waals surface area contributed by atoms with E-state index in [1.165, 1.54) is 0 Å². The van der Waals surface area contributed by atoms with Crippen molar-refractivity contribution in [3.05, 3.63) is 107 Å². The van der Waals surface area contributed by atoms with E-state index in [1.807, 2.05) is 60.7 Å². The fourth-order valence-electron chi connectivity index (χ4n) is 5.23. The van der Waals surface area contributed by atoms with E-state index < -0.39 is 0 Å². The van der Waals surface area contributed by atoms with Crippen molar-refractivity contribution in [3.63, 3.8) is 0 Å². The average Bonchev–Trinajstić information content (AvgIpc) is 3.40. The second-order valence-corrected chi connectivity index (χ2v) is 9.40. The maximum Gasteiger partial charge on any atom is 0.228 e. The van der Waals surface area contributed by atoms with Crippen LogP contribution in [0.4, 0.5) is 0 Å². The number of fused-ring (bicyclic) bond motifs is 6. The normalized spacial score (nSPS) is 14.1. The summed E-state index contributed by atoms with van der Waals surface area (Å²) in [6, 6.07) is 25.8. The van der Waals surface area contributed by atoms with E-state index in [9.17, 15) is 0 Å². The Labute approximate surface area is 223 Å². The summed E-state index contributed by atoms with van der Waals surface area (Å²) < 4.78 is 19.3. The van der Waals surface area contributed by atoms with Crippen molar-refractivity contribution in [2.75, 3.05) is 14.2 Å². The van der Waals surface area contributed by atoms with Crippen LogP contribution in [0.3, 0.4) is 0 Å². The highest BCUT2D eigenvalue weighted by Crippen LogP contribution is 2.51. The summed E-state index contributed by atoms with van der Waals surface area (Å²) in [5.41, 5.74) is 4.22. The lowest BCUT2D eigenvalue weighted by molar-refractivity contribution is 0.354. The molecular formula is C30H21ClN4O3. The van der Waals surface area contributed by atoms with Gasteiger partial charge in [0.1, 0.15) is 12.1 Å². The molecule has 8 heteroatoms. The zero-order valence-corrected chi connectivity index (χ0v) is 21.3. The first-order valence-electron chi connectivity index (χ1n) is 12.1. The third-order valence-corrected chi connectivity index (χ3v) is 7.29. The van der Waals surface area contributed by atoms with Gasteiger partial charge >= 0.3 is 0 Å². The van der Waals surface area contributed by atoms with E-state index in [-0.39, 0.29) is 5.92 Å². The molecule has 3 heterocycles. The summed E-state index contributed by atoms with van der Waals surface area (Å²) >= 11 is 6.49. The molecule has 0 saturated carbocycles. The SMILES string of the molecule is COc1ccc(C2c3c(ccc4ccccc34)Oc3ncn4nc(-c5ccccc5Cl)nc4c32)cc1OC. The number of benzene rings is 4. The van der Waals surface area contributed by atoms with Gasteiger partial charge < -0.3 is 14.2 Å². The molecule has 186 valence electrons. The number of hydrogen-bond donors (Lipinski definition) is 0. The first-order valence-corrected chi connectivity index (χ1v) is 12.5. The van der Waals surface area contributed by atoms with Crippen LogP contribution >= 0.6 is 11.6 Å². The van der Waals surface area contributed by atoms with Gasteiger partial charge in [-0.3, -0.25) is 0 Å². The molecule has 0 spiro atoms. The summed E-state index contributed by atoms with van der Waals surface area (Å²) in [6.07, 6.45) is 1.62. The van der Waals surface area contributed by atoms with Gasteiger partial charge in [0.2, 0.25) is 5.88 Å². The van der Waals surface area contributed by atoms with Crippen LogP contribution in [0.25, 0.3) is 27.8 Å². The van der Waals surface area contributed by atoms with E-state index in [2.05, 4.69) is 23.2 Å². The Morgan fingerprint density at radius 2 is 1.68 bits per heavy atom. The molecule has 0 saturated heterocycles. The fourth-order valence-corrected chi connectivity index (χ4v) is 5.45. The molecule has 2 aromatic heterocycles. The second-order valence-electron chi connectivity index (χ2n) is 8.99. The molecule has 7 nitrogen and oxygen atoms in total. The third-order valence-electron chi connectivity index (χ3n) is 6.96. The average molecular weight is 521 g/mol. The first kappa shape index (κ1) is 22.6. The fraction of sp³-hybridized carbons (Fsp3) is 0.100. The molecule has 6 aromatic rings. The molecule has 0 aliphatic carbocycles. The topological polar surface area (TPSA) is 70.8 Å². The number of halogens is 1. The van der Waals surface area contributed by atoms with Crippen LogP contribution in [0, 0.1) is 0 Å². The summed E-state index contributed by atoms with van der Waals surface area (Å²) in [5.74, 6) is 2.77. The number of methoxy groups -OCH3 is 2. The smallest absolute Gasteiger partial charge is 0.228 e. The number of rotatable bonds is 4. The largest absolute Gasteiger partial charge is 0.493 e. The minimum Gasteiger partial charge on any atom is -0.493 e. The third kappa shape index (κ3) is 3.39. The molecule has 0 radical (unpaired) electrons. The maximum atomic E-state index is 6.49. The summed E-state index contributed by atoms with van der Waals surface area (Å²) in [7, 11) is 3.26. The lowest BCUT2D eigenvalue weighted by Crippen LogP contribution is -2.15. The predicted octanol–water partition coefficient (Wildman–Crippen LogP) is 6.90. The van der Waals surface area contributed by atoms with Crippen LogP contribution in [0.15, 0.2) is 85.2 Å². The quantitative estimate of drug-likeness (QED) is 0.251. The van der Waals surface area contributed by atoms with Gasteiger partial charge in [-0.2, -0.15) is 0 Å². The van der Waals surface area contributed by atoms with Gasteiger partial charge in [-0.25, -0.2) is 14.5 Å². The van der Waals surface area contributed by atoms with Gasteiger partial charge in [0.15, 0.2) is 23.0 Å². The Morgan fingerprint density at radius 3 is 2.53 bits per heavy atom. The van der Waals surface area contributed by atoms with E-state index in [0.29, 0.717) is 33.9 Å². The van der Waals surface area contributed by atoms with E-state index >= 15 is 0 Å². The molecule has 0 N–H and O–H groups in total. The second kappa shape index (κ2) is 8.75. The summed E-state index contributed by atoms with van der Waals surface area (Å²) in [4.78, 5) is 9.61. The minimum absolute atomic E-state index is 0.265.